The largest absolute Gasteiger partial charge is 0.493 e. The van der Waals surface area contributed by atoms with Gasteiger partial charge in [0.25, 0.3) is 5.91 Å². The fraction of sp³-hybridized carbons (Fsp3) is 0.519. The molecule has 1 heterocycles. The minimum atomic E-state index is -4.78. The predicted octanol–water partition coefficient (Wildman–Crippen LogP) is 6.35. The van der Waals surface area contributed by atoms with Crippen LogP contribution in [0.2, 0.25) is 0 Å². The maximum absolute atomic E-state index is 14.7. The minimum absolute atomic E-state index is 0.000525. The lowest BCUT2D eigenvalue weighted by Crippen LogP contribution is -2.40. The third-order valence-electron chi connectivity index (χ3n) is 7.13. The van der Waals surface area contributed by atoms with Crippen molar-refractivity contribution >= 4 is 17.9 Å². The van der Waals surface area contributed by atoms with Crippen LogP contribution in [0.1, 0.15) is 64.7 Å². The average molecular weight is 559 g/mol. The molecule has 2 fully saturated rings. The first kappa shape index (κ1) is 28.6. The Balaban J connectivity index is 1.40. The maximum Gasteiger partial charge on any atom is 0.419 e. The predicted molar refractivity (Wildman–Crippen MR) is 135 cm³/mol. The van der Waals surface area contributed by atoms with Gasteiger partial charge in [0.15, 0.2) is 0 Å². The van der Waals surface area contributed by atoms with Crippen LogP contribution >= 0.6 is 11.9 Å². The Kier molecular flexibility index (Phi) is 9.20. The molecule has 0 aromatic heterocycles. The first-order chi connectivity index (χ1) is 18.1. The molecule has 1 saturated carbocycles. The van der Waals surface area contributed by atoms with Crippen molar-refractivity contribution in [1.82, 2.24) is 9.62 Å². The number of rotatable bonds is 10. The highest BCUT2D eigenvalue weighted by atomic mass is 32.2. The van der Waals surface area contributed by atoms with Gasteiger partial charge in [-0.15, -0.1) is 0 Å². The maximum atomic E-state index is 14.7. The molecule has 1 aliphatic carbocycles. The van der Waals surface area contributed by atoms with E-state index < -0.39 is 35.3 Å². The van der Waals surface area contributed by atoms with Gasteiger partial charge in [0.05, 0.1) is 30.4 Å². The molecule has 1 amide bonds. The van der Waals surface area contributed by atoms with Crippen molar-refractivity contribution in [3.8, 4) is 5.75 Å². The van der Waals surface area contributed by atoms with Crippen LogP contribution in [0.3, 0.4) is 0 Å². The Labute approximate surface area is 223 Å². The number of amides is 1. The first-order valence-corrected chi connectivity index (χ1v) is 13.7. The number of carbonyl (C=O) groups is 1. The summed E-state index contributed by atoms with van der Waals surface area (Å²) in [5.41, 5.74) is -0.0898. The molecule has 5 nitrogen and oxygen atoms in total. The zero-order valence-corrected chi connectivity index (χ0v) is 22.1. The summed E-state index contributed by atoms with van der Waals surface area (Å²) in [5, 5.41) is 0. The molecule has 208 valence electrons. The fourth-order valence-electron chi connectivity index (χ4n) is 4.91. The van der Waals surface area contributed by atoms with Crippen LogP contribution in [0.25, 0.3) is 0 Å². The quantitative estimate of drug-likeness (QED) is 0.272. The topological polar surface area (TPSA) is 50.8 Å². The van der Waals surface area contributed by atoms with Crippen molar-refractivity contribution < 1.29 is 36.2 Å². The lowest BCUT2D eigenvalue weighted by Gasteiger charge is -2.37. The Bertz CT molecular complexity index is 1130. The zero-order valence-electron chi connectivity index (χ0n) is 21.2. The number of nitrogens with zero attached hydrogens (tertiary/aromatic N) is 1. The molecular formula is C27H31F5N2O3S. The van der Waals surface area contributed by atoms with Crippen molar-refractivity contribution in [2.45, 2.75) is 43.8 Å². The summed E-state index contributed by atoms with van der Waals surface area (Å²) in [6.07, 6.45) is 0.287. The summed E-state index contributed by atoms with van der Waals surface area (Å²) >= 11 is 1.11. The van der Waals surface area contributed by atoms with E-state index in [1.165, 1.54) is 19.2 Å². The molecule has 0 bridgehead atoms. The van der Waals surface area contributed by atoms with Crippen LogP contribution in [-0.2, 0) is 10.9 Å². The van der Waals surface area contributed by atoms with E-state index in [1.807, 2.05) is 4.90 Å². The average Bonchev–Trinajstić information content (AvgIpc) is 3.72. The standard InChI is InChI=1S/C27H31F5N2O3S/c1-36-15-24(18-5-6-22(28)21(11-18)27(30,31)32)34-9-7-16(8-10-34)14-37-25-13-23(29)20(26(35)33-38-2)12-19(25)17-3-4-17/h5-6,11-13,16-17,24H,3-4,7-10,14-15H2,1-2H3,(H,33,35). The van der Waals surface area contributed by atoms with Gasteiger partial charge in [0.1, 0.15) is 17.4 Å². The van der Waals surface area contributed by atoms with Crippen LogP contribution < -0.4 is 9.46 Å². The molecule has 1 N–H and O–H groups in total. The summed E-state index contributed by atoms with van der Waals surface area (Å²) in [6.45, 7) is 1.73. The second kappa shape index (κ2) is 12.2. The van der Waals surface area contributed by atoms with Gasteiger partial charge < -0.3 is 9.47 Å². The number of benzene rings is 2. The number of alkyl halides is 3. The third-order valence-corrected chi connectivity index (χ3v) is 7.52. The summed E-state index contributed by atoms with van der Waals surface area (Å²) < 4.78 is 82.2. The molecule has 1 atom stereocenters. The summed E-state index contributed by atoms with van der Waals surface area (Å²) in [4.78, 5) is 14.2. The van der Waals surface area contributed by atoms with Gasteiger partial charge in [0.2, 0.25) is 0 Å². The van der Waals surface area contributed by atoms with Crippen LogP contribution in [0.15, 0.2) is 30.3 Å². The van der Waals surface area contributed by atoms with E-state index in [0.717, 1.165) is 55.3 Å². The fourth-order valence-corrected chi connectivity index (χ4v) is 5.20. The van der Waals surface area contributed by atoms with E-state index in [4.69, 9.17) is 9.47 Å². The summed E-state index contributed by atoms with van der Waals surface area (Å²) in [6, 6.07) is 5.53. The Morgan fingerprint density at radius 2 is 1.82 bits per heavy atom. The smallest absolute Gasteiger partial charge is 0.419 e. The SMILES string of the molecule is COCC(c1ccc(F)c(C(F)(F)F)c1)N1CCC(COc2cc(F)c(C(=O)NSC)cc2C2CC2)CC1. The van der Waals surface area contributed by atoms with Gasteiger partial charge in [-0.1, -0.05) is 18.0 Å². The molecule has 2 aromatic rings. The van der Waals surface area contributed by atoms with Gasteiger partial charge in [-0.3, -0.25) is 14.4 Å². The molecule has 11 heteroatoms. The number of nitrogens with one attached hydrogen (secondary N) is 1. The van der Waals surface area contributed by atoms with Gasteiger partial charge in [-0.25, -0.2) is 8.78 Å². The van der Waals surface area contributed by atoms with Crippen molar-refractivity contribution in [3.05, 3.63) is 64.2 Å². The molecule has 1 unspecified atom stereocenters. The van der Waals surface area contributed by atoms with Gasteiger partial charge in [-0.05, 0) is 79.9 Å². The van der Waals surface area contributed by atoms with E-state index in [-0.39, 0.29) is 24.0 Å². The molecule has 38 heavy (non-hydrogen) atoms. The van der Waals surface area contributed by atoms with Crippen molar-refractivity contribution in [2.75, 3.05) is 39.7 Å². The first-order valence-electron chi connectivity index (χ1n) is 12.5. The second-order valence-corrected chi connectivity index (χ2v) is 10.4. The molecule has 4 rings (SSSR count). The van der Waals surface area contributed by atoms with E-state index in [9.17, 15) is 26.7 Å². The highest BCUT2D eigenvalue weighted by Crippen LogP contribution is 2.45. The minimum Gasteiger partial charge on any atom is -0.493 e. The number of hydrogen-bond donors (Lipinski definition) is 1. The molecule has 0 radical (unpaired) electrons. The van der Waals surface area contributed by atoms with Gasteiger partial charge in [-0.2, -0.15) is 13.2 Å². The Morgan fingerprint density at radius 1 is 1.11 bits per heavy atom. The van der Waals surface area contributed by atoms with Crippen LogP contribution in [0, 0.1) is 17.6 Å². The summed E-state index contributed by atoms with van der Waals surface area (Å²) in [7, 11) is 1.48. The third kappa shape index (κ3) is 6.79. The Hall–Kier alpha value is -2.37. The normalized spacial score (nSPS) is 17.9. The van der Waals surface area contributed by atoms with E-state index in [1.54, 1.807) is 12.3 Å². The highest BCUT2D eigenvalue weighted by molar-refractivity contribution is 7.97. The number of ether oxygens (including phenoxy) is 2. The summed E-state index contributed by atoms with van der Waals surface area (Å²) in [5.74, 6) is -1.54. The molecule has 1 aliphatic heterocycles. The van der Waals surface area contributed by atoms with Crippen molar-refractivity contribution in [3.63, 3.8) is 0 Å². The number of methoxy groups -OCH3 is 1. The number of halogens is 5. The van der Waals surface area contributed by atoms with E-state index in [2.05, 4.69) is 4.72 Å². The number of piperidine rings is 1. The molecule has 2 aromatic carbocycles. The lowest BCUT2D eigenvalue weighted by molar-refractivity contribution is -0.140. The molecule has 2 aliphatic rings. The highest BCUT2D eigenvalue weighted by Gasteiger charge is 2.36. The monoisotopic (exact) mass is 558 g/mol. The van der Waals surface area contributed by atoms with Crippen molar-refractivity contribution in [1.29, 1.82) is 0 Å². The lowest BCUT2D eigenvalue weighted by atomic mass is 9.94. The number of hydrogen-bond acceptors (Lipinski definition) is 5. The second-order valence-electron chi connectivity index (χ2n) is 9.78. The molecule has 0 spiro atoms. The van der Waals surface area contributed by atoms with Crippen LogP contribution in [-0.4, -0.2) is 50.5 Å². The number of carbonyl (C=O) groups excluding carboxylic acids is 1. The van der Waals surface area contributed by atoms with Crippen molar-refractivity contribution in [2.24, 2.45) is 5.92 Å². The van der Waals surface area contributed by atoms with Crippen LogP contribution in [0.4, 0.5) is 22.0 Å². The Morgan fingerprint density at radius 3 is 2.42 bits per heavy atom. The van der Waals surface area contributed by atoms with E-state index >= 15 is 0 Å². The van der Waals surface area contributed by atoms with E-state index in [0.29, 0.717) is 31.0 Å². The molecular weight excluding hydrogens is 527 g/mol. The van der Waals surface area contributed by atoms with Crippen LogP contribution in [0.5, 0.6) is 5.75 Å². The van der Waals surface area contributed by atoms with Gasteiger partial charge in [0, 0.05) is 19.4 Å². The molecule has 1 saturated heterocycles. The number of likely N-dealkylation sites (tertiary alicyclic amines) is 1. The zero-order chi connectivity index (χ0) is 27.4. The van der Waals surface area contributed by atoms with Gasteiger partial charge >= 0.3 is 6.18 Å².